The van der Waals surface area contributed by atoms with Gasteiger partial charge in [-0.25, -0.2) is 13.2 Å². The number of urea groups is 1. The number of hydroxylamine groups is 1. The van der Waals surface area contributed by atoms with Crippen LogP contribution in [0.1, 0.15) is 20.8 Å². The molecular formula is C15H25N3O4S. The van der Waals surface area contributed by atoms with E-state index >= 15 is 0 Å². The van der Waals surface area contributed by atoms with Crippen LogP contribution >= 0.6 is 0 Å². The summed E-state index contributed by atoms with van der Waals surface area (Å²) in [5.74, 6) is 0. The lowest BCUT2D eigenvalue weighted by Gasteiger charge is -2.26. The molecule has 0 fully saturated rings. The van der Waals surface area contributed by atoms with Crippen molar-refractivity contribution in [2.75, 3.05) is 33.1 Å². The average molecular weight is 343 g/mol. The minimum Gasteiger partial charge on any atom is -0.327 e. The van der Waals surface area contributed by atoms with E-state index in [0.29, 0.717) is 12.2 Å². The molecule has 8 heteroatoms. The molecule has 0 saturated carbocycles. The second-order valence-electron chi connectivity index (χ2n) is 6.47. The first kappa shape index (κ1) is 19.4. The highest BCUT2D eigenvalue weighted by Gasteiger charge is 2.21. The number of nitrogens with one attached hydrogen (secondary N) is 1. The third kappa shape index (κ3) is 5.49. The van der Waals surface area contributed by atoms with Crippen LogP contribution in [0.2, 0.25) is 0 Å². The normalized spacial score (nSPS) is 12.3. The zero-order chi connectivity index (χ0) is 17.8. The molecule has 130 valence electrons. The Labute approximate surface area is 138 Å². The maximum Gasteiger partial charge on any atom is 0.321 e. The largest absolute Gasteiger partial charge is 0.327 e. The highest BCUT2D eigenvalue weighted by molar-refractivity contribution is 7.89. The van der Waals surface area contributed by atoms with Crippen LogP contribution in [-0.2, 0) is 14.9 Å². The van der Waals surface area contributed by atoms with Gasteiger partial charge in [0.25, 0.3) is 10.0 Å². The Morgan fingerprint density at radius 1 is 1.17 bits per heavy atom. The number of anilines is 1. The number of carbonyl (C=O) groups excluding carboxylic acids is 1. The third-order valence-corrected chi connectivity index (χ3v) is 4.75. The summed E-state index contributed by atoms with van der Waals surface area (Å²) in [7, 11) is 0.616. The summed E-state index contributed by atoms with van der Waals surface area (Å²) in [5, 5.41) is 2.73. The second-order valence-corrected chi connectivity index (χ2v) is 8.40. The van der Waals surface area contributed by atoms with Crippen LogP contribution in [0.15, 0.2) is 29.2 Å². The van der Waals surface area contributed by atoms with Gasteiger partial charge in [0, 0.05) is 26.3 Å². The van der Waals surface area contributed by atoms with Gasteiger partial charge in [-0.2, -0.15) is 0 Å². The molecule has 0 bridgehead atoms. The van der Waals surface area contributed by atoms with Gasteiger partial charge in [0.1, 0.15) is 0 Å². The molecule has 1 aromatic rings. The fourth-order valence-corrected chi connectivity index (χ4v) is 2.93. The fraction of sp³-hybridized carbons (Fsp3) is 0.533. The highest BCUT2D eigenvalue weighted by atomic mass is 32.2. The van der Waals surface area contributed by atoms with Gasteiger partial charge in [0.05, 0.1) is 12.0 Å². The van der Waals surface area contributed by atoms with Gasteiger partial charge >= 0.3 is 6.03 Å². The standard InChI is InChI=1S/C15H25N3O4S/c1-15(2,3)11-17(4)14(19)16-12-7-9-13(10-8-12)23(20,21)18(5)22-6/h7-10H,11H2,1-6H3,(H,16,19). The van der Waals surface area contributed by atoms with E-state index in [2.05, 4.69) is 5.32 Å². The first-order valence-electron chi connectivity index (χ1n) is 7.12. The summed E-state index contributed by atoms with van der Waals surface area (Å²) in [6.07, 6.45) is 0. The Morgan fingerprint density at radius 3 is 2.13 bits per heavy atom. The number of nitrogens with zero attached hydrogens (tertiary/aromatic N) is 2. The Hall–Kier alpha value is -1.64. The SMILES string of the molecule is CON(C)S(=O)(=O)c1ccc(NC(=O)N(C)CC(C)(C)C)cc1. The summed E-state index contributed by atoms with van der Waals surface area (Å²) in [6, 6.07) is 5.68. The number of carbonyl (C=O) groups is 1. The molecular weight excluding hydrogens is 318 g/mol. The molecule has 0 aromatic heterocycles. The lowest BCUT2D eigenvalue weighted by atomic mass is 9.96. The summed E-state index contributed by atoms with van der Waals surface area (Å²) < 4.78 is 24.9. The molecule has 0 unspecified atom stereocenters. The van der Waals surface area contributed by atoms with Crippen molar-refractivity contribution in [3.05, 3.63) is 24.3 Å². The number of amides is 2. The van der Waals surface area contributed by atoms with Crippen LogP contribution in [0.4, 0.5) is 10.5 Å². The molecule has 0 saturated heterocycles. The van der Waals surface area contributed by atoms with E-state index in [1.54, 1.807) is 24.1 Å². The summed E-state index contributed by atoms with van der Waals surface area (Å²) >= 11 is 0. The van der Waals surface area contributed by atoms with Crippen LogP contribution in [0.25, 0.3) is 0 Å². The number of benzene rings is 1. The molecule has 0 aliphatic heterocycles. The summed E-state index contributed by atoms with van der Waals surface area (Å²) in [5.41, 5.74) is 0.518. The van der Waals surface area contributed by atoms with Crippen LogP contribution < -0.4 is 5.32 Å². The highest BCUT2D eigenvalue weighted by Crippen LogP contribution is 2.18. The number of hydrogen-bond donors (Lipinski definition) is 1. The van der Waals surface area contributed by atoms with Gasteiger partial charge < -0.3 is 10.2 Å². The molecule has 2 amide bonds. The molecule has 1 rings (SSSR count). The zero-order valence-corrected chi connectivity index (χ0v) is 15.3. The molecule has 0 aliphatic carbocycles. The van der Waals surface area contributed by atoms with Crippen molar-refractivity contribution in [2.24, 2.45) is 5.41 Å². The van der Waals surface area contributed by atoms with Crippen molar-refractivity contribution in [3.63, 3.8) is 0 Å². The first-order chi connectivity index (χ1) is 10.5. The zero-order valence-electron chi connectivity index (χ0n) is 14.5. The van der Waals surface area contributed by atoms with E-state index in [0.717, 1.165) is 4.47 Å². The van der Waals surface area contributed by atoms with E-state index in [4.69, 9.17) is 4.84 Å². The van der Waals surface area contributed by atoms with Gasteiger partial charge in [-0.05, 0) is 29.7 Å². The summed E-state index contributed by atoms with van der Waals surface area (Å²) in [6.45, 7) is 6.73. The maximum atomic E-state index is 12.1. The van der Waals surface area contributed by atoms with E-state index in [1.807, 2.05) is 20.8 Å². The van der Waals surface area contributed by atoms with Crippen molar-refractivity contribution < 1.29 is 18.0 Å². The van der Waals surface area contributed by atoms with Gasteiger partial charge in [-0.3, -0.25) is 4.84 Å². The van der Waals surface area contributed by atoms with E-state index in [9.17, 15) is 13.2 Å². The molecule has 0 heterocycles. The number of hydrogen-bond acceptors (Lipinski definition) is 4. The van der Waals surface area contributed by atoms with Gasteiger partial charge in [-0.1, -0.05) is 25.2 Å². The number of sulfonamides is 1. The quantitative estimate of drug-likeness (QED) is 0.833. The van der Waals surface area contributed by atoms with Crippen molar-refractivity contribution in [1.82, 2.24) is 9.37 Å². The van der Waals surface area contributed by atoms with E-state index in [-0.39, 0.29) is 16.3 Å². The van der Waals surface area contributed by atoms with E-state index < -0.39 is 10.0 Å². The first-order valence-corrected chi connectivity index (χ1v) is 8.56. The molecule has 0 aliphatic rings. The Kier molecular flexibility index (Phi) is 6.15. The third-order valence-electron chi connectivity index (χ3n) is 3.06. The lowest BCUT2D eigenvalue weighted by Crippen LogP contribution is -2.37. The van der Waals surface area contributed by atoms with Gasteiger partial charge in [0.2, 0.25) is 0 Å². The summed E-state index contributed by atoms with van der Waals surface area (Å²) in [4.78, 5) is 18.5. The number of rotatable bonds is 5. The Balaban J connectivity index is 2.80. The van der Waals surface area contributed by atoms with Crippen LogP contribution in [0.3, 0.4) is 0 Å². The molecule has 0 atom stereocenters. The molecule has 1 aromatic carbocycles. The molecule has 1 N–H and O–H groups in total. The van der Waals surface area contributed by atoms with Crippen LogP contribution in [-0.4, -0.2) is 51.6 Å². The van der Waals surface area contributed by atoms with Crippen molar-refractivity contribution in [2.45, 2.75) is 25.7 Å². The van der Waals surface area contributed by atoms with Gasteiger partial charge in [0.15, 0.2) is 0 Å². The Morgan fingerprint density at radius 2 is 1.70 bits per heavy atom. The fourth-order valence-electron chi connectivity index (χ4n) is 1.96. The van der Waals surface area contributed by atoms with E-state index in [1.165, 1.54) is 26.3 Å². The smallest absolute Gasteiger partial charge is 0.321 e. The molecule has 0 radical (unpaired) electrons. The molecule has 7 nitrogen and oxygen atoms in total. The molecule has 23 heavy (non-hydrogen) atoms. The lowest BCUT2D eigenvalue weighted by molar-refractivity contribution is -0.0258. The minimum atomic E-state index is -3.69. The molecule has 0 spiro atoms. The predicted molar refractivity (Wildman–Crippen MR) is 89.5 cm³/mol. The van der Waals surface area contributed by atoms with Crippen LogP contribution in [0.5, 0.6) is 0 Å². The van der Waals surface area contributed by atoms with Crippen molar-refractivity contribution in [3.8, 4) is 0 Å². The maximum absolute atomic E-state index is 12.1. The second kappa shape index (κ2) is 7.29. The monoisotopic (exact) mass is 343 g/mol. The Bertz CT molecular complexity index is 636. The average Bonchev–Trinajstić information content (AvgIpc) is 2.45. The predicted octanol–water partition coefficient (Wildman–Crippen LogP) is 2.38. The topological polar surface area (TPSA) is 79.0 Å². The van der Waals surface area contributed by atoms with Crippen LogP contribution in [0, 0.1) is 5.41 Å². The minimum absolute atomic E-state index is 0.00520. The van der Waals surface area contributed by atoms with Crippen molar-refractivity contribution in [1.29, 1.82) is 0 Å². The van der Waals surface area contributed by atoms with Crippen molar-refractivity contribution >= 4 is 21.7 Å². The van der Waals surface area contributed by atoms with Gasteiger partial charge in [-0.15, -0.1) is 0 Å².